The Balaban J connectivity index is 1.66. The summed E-state index contributed by atoms with van der Waals surface area (Å²) >= 11 is 6.69. The summed E-state index contributed by atoms with van der Waals surface area (Å²) < 4.78 is 11.0. The molecule has 1 aliphatic heterocycles. The van der Waals surface area contributed by atoms with Crippen LogP contribution in [0.3, 0.4) is 0 Å². The normalized spacial score (nSPS) is 16.5. The zero-order valence-corrected chi connectivity index (χ0v) is 24.3. The number of benzene rings is 3. The Hall–Kier alpha value is -3.59. The van der Waals surface area contributed by atoms with Gasteiger partial charge in [-0.15, -0.1) is 0 Å². The molecule has 4 rings (SSSR count). The molecule has 9 heteroatoms. The van der Waals surface area contributed by atoms with Gasteiger partial charge < -0.3 is 30.5 Å². The molecule has 0 bridgehead atoms. The van der Waals surface area contributed by atoms with E-state index in [0.29, 0.717) is 73.1 Å². The van der Waals surface area contributed by atoms with Gasteiger partial charge in [-0.2, -0.15) is 0 Å². The number of carbonyl (C=O) groups is 2. The molecule has 0 radical (unpaired) electrons. The molecule has 1 fully saturated rings. The molecule has 2 atom stereocenters. The van der Waals surface area contributed by atoms with E-state index in [2.05, 4.69) is 5.32 Å². The summed E-state index contributed by atoms with van der Waals surface area (Å²) in [6.45, 7) is 3.64. The number of hydrogen-bond donors (Lipinski definition) is 3. The van der Waals surface area contributed by atoms with Crippen molar-refractivity contribution in [3.63, 3.8) is 0 Å². The van der Waals surface area contributed by atoms with E-state index < -0.39 is 11.7 Å². The molecule has 1 unspecified atom stereocenters. The van der Waals surface area contributed by atoms with Crippen molar-refractivity contribution in [3.05, 3.63) is 94.0 Å². The lowest BCUT2D eigenvalue weighted by atomic mass is 9.73. The van der Waals surface area contributed by atoms with Gasteiger partial charge >= 0.3 is 6.09 Å². The maximum Gasteiger partial charge on any atom is 0.406 e. The summed E-state index contributed by atoms with van der Waals surface area (Å²) in [6.07, 6.45) is 1.67. The number of hydrogen-bond acceptors (Lipinski definition) is 6. The first-order valence-electron chi connectivity index (χ1n) is 13.9. The van der Waals surface area contributed by atoms with E-state index in [9.17, 15) is 14.7 Å². The van der Waals surface area contributed by atoms with Crippen LogP contribution in [0, 0.1) is 12.8 Å². The van der Waals surface area contributed by atoms with Crippen LogP contribution in [-0.4, -0.2) is 48.8 Å². The molecular formula is C32H38ClN3O5. The molecule has 1 heterocycles. The minimum Gasteiger partial charge on any atom is -0.455 e. The molecule has 3 aromatic rings. The van der Waals surface area contributed by atoms with Crippen LogP contribution in [-0.2, 0) is 16.9 Å². The molecule has 3 aromatic carbocycles. The minimum atomic E-state index is -1.40. The highest BCUT2D eigenvalue weighted by molar-refractivity contribution is 6.32. The fraction of sp³-hybridized carbons (Fsp3) is 0.375. The zero-order valence-electron chi connectivity index (χ0n) is 23.6. The van der Waals surface area contributed by atoms with E-state index in [1.165, 1.54) is 7.11 Å². The molecule has 41 heavy (non-hydrogen) atoms. The Morgan fingerprint density at radius 3 is 2.61 bits per heavy atom. The number of nitrogens with one attached hydrogen (secondary N) is 1. The van der Waals surface area contributed by atoms with Crippen molar-refractivity contribution in [3.8, 4) is 11.5 Å². The Morgan fingerprint density at radius 1 is 1.15 bits per heavy atom. The topological polar surface area (TPSA) is 114 Å². The van der Waals surface area contributed by atoms with Gasteiger partial charge in [0.25, 0.3) is 5.91 Å². The van der Waals surface area contributed by atoms with Crippen LogP contribution in [0.4, 0.5) is 4.79 Å². The average Bonchev–Trinajstić information content (AvgIpc) is 2.99. The molecule has 1 saturated heterocycles. The number of alkyl carbamates (subject to hydrolysis) is 1. The molecule has 8 nitrogen and oxygen atoms in total. The standard InChI is InChI=1S/C32H38ClN3O5/c1-22-7-3-9-26(19-22)41-29-27(10-4-11-28(29)33)32(39,16-6-17-35-31(38)40-2)25-8-5-18-36(21-25)30(37)24-14-12-23(20-34)13-15-24/h3-4,7,9-15,19,25,39H,5-6,8,16-18,20-21,34H2,1-2H3,(H,35,38)/t25-,32?/m1/s1. The van der Waals surface area contributed by atoms with E-state index in [4.69, 9.17) is 26.8 Å². The Bertz CT molecular complexity index is 1350. The number of likely N-dealkylation sites (tertiary alicyclic amines) is 1. The largest absolute Gasteiger partial charge is 0.455 e. The predicted octanol–water partition coefficient (Wildman–Crippen LogP) is 5.78. The van der Waals surface area contributed by atoms with Crippen molar-refractivity contribution >= 4 is 23.6 Å². The number of aliphatic hydroxyl groups is 1. The number of rotatable bonds is 10. The highest BCUT2D eigenvalue weighted by Crippen LogP contribution is 2.46. The maximum absolute atomic E-state index is 13.5. The highest BCUT2D eigenvalue weighted by atomic mass is 35.5. The van der Waals surface area contributed by atoms with Crippen molar-refractivity contribution in [2.24, 2.45) is 11.7 Å². The first-order valence-corrected chi connectivity index (χ1v) is 14.3. The number of carbonyl (C=O) groups excluding carboxylic acids is 2. The second kappa shape index (κ2) is 13.9. The first kappa shape index (κ1) is 30.4. The predicted molar refractivity (Wildman–Crippen MR) is 159 cm³/mol. The van der Waals surface area contributed by atoms with Crippen LogP contribution in [0.2, 0.25) is 5.02 Å². The summed E-state index contributed by atoms with van der Waals surface area (Å²) in [5.74, 6) is 0.592. The van der Waals surface area contributed by atoms with Crippen molar-refractivity contribution in [2.75, 3.05) is 26.7 Å². The van der Waals surface area contributed by atoms with Gasteiger partial charge in [0.05, 0.1) is 17.7 Å². The van der Waals surface area contributed by atoms with Crippen molar-refractivity contribution in [1.29, 1.82) is 0 Å². The lowest BCUT2D eigenvalue weighted by molar-refractivity contribution is -0.0578. The zero-order chi connectivity index (χ0) is 29.4. The Morgan fingerprint density at radius 2 is 1.90 bits per heavy atom. The number of para-hydroxylation sites is 1. The fourth-order valence-corrected chi connectivity index (χ4v) is 5.66. The number of ether oxygens (including phenoxy) is 2. The number of piperidine rings is 1. The lowest BCUT2D eigenvalue weighted by Gasteiger charge is -2.43. The third-order valence-corrected chi connectivity index (χ3v) is 7.95. The molecule has 0 aliphatic carbocycles. The van der Waals surface area contributed by atoms with Gasteiger partial charge in [0, 0.05) is 43.2 Å². The van der Waals surface area contributed by atoms with Gasteiger partial charge in [-0.3, -0.25) is 4.79 Å². The van der Waals surface area contributed by atoms with Crippen LogP contribution in [0.5, 0.6) is 11.5 Å². The monoisotopic (exact) mass is 579 g/mol. The Labute approximate surface area is 246 Å². The number of nitrogens with zero attached hydrogens (tertiary/aromatic N) is 1. The van der Waals surface area contributed by atoms with Gasteiger partial charge in [-0.25, -0.2) is 4.79 Å². The average molecular weight is 580 g/mol. The summed E-state index contributed by atoms with van der Waals surface area (Å²) in [5, 5.41) is 15.6. The van der Waals surface area contributed by atoms with Crippen LogP contribution >= 0.6 is 11.6 Å². The number of halogens is 1. The van der Waals surface area contributed by atoms with Crippen LogP contribution < -0.4 is 15.8 Å². The lowest BCUT2D eigenvalue weighted by Crippen LogP contribution is -2.48. The molecule has 0 spiro atoms. The number of methoxy groups -OCH3 is 1. The van der Waals surface area contributed by atoms with Crippen molar-refractivity contribution in [2.45, 2.75) is 44.8 Å². The maximum atomic E-state index is 13.5. The highest BCUT2D eigenvalue weighted by Gasteiger charge is 2.43. The van der Waals surface area contributed by atoms with E-state index in [0.717, 1.165) is 17.5 Å². The molecule has 0 saturated carbocycles. The molecule has 218 valence electrons. The molecular weight excluding hydrogens is 542 g/mol. The van der Waals surface area contributed by atoms with Gasteiger partial charge in [-0.05, 0) is 74.1 Å². The third-order valence-electron chi connectivity index (χ3n) is 7.65. The summed E-state index contributed by atoms with van der Waals surface area (Å²) in [6, 6.07) is 20.3. The quantitative estimate of drug-likeness (QED) is 0.263. The number of nitrogens with two attached hydrogens (primary N) is 1. The second-order valence-corrected chi connectivity index (χ2v) is 10.9. The van der Waals surface area contributed by atoms with E-state index >= 15 is 0 Å². The molecule has 4 N–H and O–H groups in total. The summed E-state index contributed by atoms with van der Waals surface area (Å²) in [4.78, 5) is 26.9. The SMILES string of the molecule is COC(=O)NCCCC(O)(c1cccc(Cl)c1Oc1cccc(C)c1)[C@@H]1CCCN(C(=O)c2ccc(CN)cc2)C1. The van der Waals surface area contributed by atoms with Gasteiger partial charge in [0.15, 0.2) is 5.75 Å². The van der Waals surface area contributed by atoms with Gasteiger partial charge in [-0.1, -0.05) is 48.0 Å². The smallest absolute Gasteiger partial charge is 0.406 e. The van der Waals surface area contributed by atoms with Gasteiger partial charge in [0.1, 0.15) is 5.75 Å². The number of aryl methyl sites for hydroxylation is 1. The van der Waals surface area contributed by atoms with Crippen LogP contribution in [0.25, 0.3) is 0 Å². The van der Waals surface area contributed by atoms with Crippen molar-refractivity contribution in [1.82, 2.24) is 10.2 Å². The van der Waals surface area contributed by atoms with E-state index in [1.54, 1.807) is 29.2 Å². The van der Waals surface area contributed by atoms with Crippen molar-refractivity contribution < 1.29 is 24.2 Å². The van der Waals surface area contributed by atoms with E-state index in [1.807, 2.05) is 49.4 Å². The first-order chi connectivity index (χ1) is 19.7. The molecule has 2 amide bonds. The minimum absolute atomic E-state index is 0.0877. The second-order valence-electron chi connectivity index (χ2n) is 10.5. The number of amides is 2. The van der Waals surface area contributed by atoms with Crippen LogP contribution in [0.1, 0.15) is 52.7 Å². The Kier molecular flexibility index (Phi) is 10.3. The van der Waals surface area contributed by atoms with Crippen LogP contribution in [0.15, 0.2) is 66.7 Å². The van der Waals surface area contributed by atoms with E-state index in [-0.39, 0.29) is 11.8 Å². The molecule has 0 aromatic heterocycles. The summed E-state index contributed by atoms with van der Waals surface area (Å²) in [5.41, 5.74) is 7.44. The summed E-state index contributed by atoms with van der Waals surface area (Å²) in [7, 11) is 1.31. The third kappa shape index (κ3) is 7.38. The fourth-order valence-electron chi connectivity index (χ4n) is 5.45. The van der Waals surface area contributed by atoms with Gasteiger partial charge in [0.2, 0.25) is 0 Å². The molecule has 1 aliphatic rings.